The quantitative estimate of drug-likeness (QED) is 0.834. The van der Waals surface area contributed by atoms with Gasteiger partial charge in [-0.1, -0.05) is 20.8 Å². The van der Waals surface area contributed by atoms with Crippen molar-refractivity contribution in [3.05, 3.63) is 10.9 Å². The highest BCUT2D eigenvalue weighted by atomic mass is 32.1. The molecule has 0 spiro atoms. The van der Waals surface area contributed by atoms with Gasteiger partial charge in [-0.25, -0.2) is 4.98 Å². The van der Waals surface area contributed by atoms with E-state index in [-0.39, 0.29) is 5.54 Å². The molecule has 0 amide bonds. The van der Waals surface area contributed by atoms with E-state index in [0.29, 0.717) is 5.95 Å². The van der Waals surface area contributed by atoms with E-state index in [0.717, 1.165) is 35.3 Å². The molecule has 0 aliphatic carbocycles. The molecule has 2 heterocycles. The highest BCUT2D eigenvalue weighted by molar-refractivity contribution is 7.18. The Morgan fingerprint density at radius 3 is 2.45 bits per heavy atom. The van der Waals surface area contributed by atoms with Gasteiger partial charge in [-0.15, -0.1) is 11.3 Å². The zero-order chi connectivity index (χ0) is 14.8. The summed E-state index contributed by atoms with van der Waals surface area (Å²) in [5.41, 5.74) is 0.0700. The third kappa shape index (κ3) is 2.87. The number of hydrogen-bond donors (Lipinski definition) is 2. The van der Waals surface area contributed by atoms with Gasteiger partial charge in [0.15, 0.2) is 0 Å². The number of hydrogen-bond acceptors (Lipinski definition) is 5. The number of aryl methyl sites for hydroxylation is 1. The van der Waals surface area contributed by atoms with Gasteiger partial charge in [0.05, 0.1) is 5.39 Å². The van der Waals surface area contributed by atoms with E-state index in [1.165, 1.54) is 4.88 Å². The van der Waals surface area contributed by atoms with Crippen molar-refractivity contribution in [2.24, 2.45) is 0 Å². The van der Waals surface area contributed by atoms with Crippen molar-refractivity contribution in [2.75, 3.05) is 17.7 Å². The number of thiophene rings is 1. The van der Waals surface area contributed by atoms with Crippen LogP contribution in [0.4, 0.5) is 11.8 Å². The Bertz CT molecular complexity index is 587. The monoisotopic (exact) mass is 292 g/mol. The van der Waals surface area contributed by atoms with Gasteiger partial charge >= 0.3 is 0 Å². The van der Waals surface area contributed by atoms with Gasteiger partial charge < -0.3 is 10.6 Å². The van der Waals surface area contributed by atoms with Crippen LogP contribution < -0.4 is 10.6 Å². The first-order valence-electron chi connectivity index (χ1n) is 7.31. The minimum atomic E-state index is 0.0700. The maximum Gasteiger partial charge on any atom is 0.225 e. The lowest BCUT2D eigenvalue weighted by Crippen LogP contribution is -2.33. The van der Waals surface area contributed by atoms with E-state index >= 15 is 0 Å². The molecule has 0 fully saturated rings. The molecule has 0 saturated carbocycles. The number of nitrogens with one attached hydrogen (secondary N) is 2. The molecule has 2 rings (SSSR count). The Kier molecular flexibility index (Phi) is 4.48. The second-order valence-corrected chi connectivity index (χ2v) is 6.44. The van der Waals surface area contributed by atoms with E-state index in [2.05, 4.69) is 54.4 Å². The molecule has 5 heteroatoms. The lowest BCUT2D eigenvalue weighted by atomic mass is 9.95. The third-order valence-corrected chi connectivity index (χ3v) is 5.17. The molecular formula is C15H24N4S. The predicted octanol–water partition coefficient (Wildman–Crippen LogP) is 4.29. The minimum Gasteiger partial charge on any atom is -0.364 e. The molecule has 0 aliphatic rings. The molecule has 20 heavy (non-hydrogen) atoms. The van der Waals surface area contributed by atoms with E-state index in [9.17, 15) is 0 Å². The average molecular weight is 292 g/mol. The molecule has 0 radical (unpaired) electrons. The zero-order valence-electron chi connectivity index (χ0n) is 13.0. The smallest absolute Gasteiger partial charge is 0.225 e. The lowest BCUT2D eigenvalue weighted by molar-refractivity contribution is 0.477. The highest BCUT2D eigenvalue weighted by Gasteiger charge is 2.22. The van der Waals surface area contributed by atoms with Crippen molar-refractivity contribution in [1.82, 2.24) is 9.97 Å². The molecule has 0 saturated heterocycles. The molecule has 0 unspecified atom stereocenters. The molecule has 2 aromatic rings. The maximum absolute atomic E-state index is 4.62. The van der Waals surface area contributed by atoms with E-state index in [4.69, 9.17) is 0 Å². The van der Waals surface area contributed by atoms with Crippen LogP contribution in [0.5, 0.6) is 0 Å². The summed E-state index contributed by atoms with van der Waals surface area (Å²) in [7, 11) is 1.86. The summed E-state index contributed by atoms with van der Waals surface area (Å²) in [4.78, 5) is 11.6. The van der Waals surface area contributed by atoms with Crippen molar-refractivity contribution < 1.29 is 0 Å². The van der Waals surface area contributed by atoms with Gasteiger partial charge in [0, 0.05) is 17.5 Å². The second-order valence-electron chi connectivity index (χ2n) is 5.32. The van der Waals surface area contributed by atoms with Gasteiger partial charge in [0.1, 0.15) is 10.6 Å². The Morgan fingerprint density at radius 2 is 1.90 bits per heavy atom. The van der Waals surface area contributed by atoms with Crippen LogP contribution in [0, 0.1) is 0 Å². The third-order valence-electron chi connectivity index (χ3n) is 4.00. The Balaban J connectivity index is 2.52. The fourth-order valence-electron chi connectivity index (χ4n) is 2.07. The van der Waals surface area contributed by atoms with Crippen LogP contribution >= 0.6 is 11.3 Å². The molecule has 0 atom stereocenters. The van der Waals surface area contributed by atoms with Crippen molar-refractivity contribution in [3.63, 3.8) is 0 Å². The highest BCUT2D eigenvalue weighted by Crippen LogP contribution is 2.32. The molecule has 110 valence electrons. The van der Waals surface area contributed by atoms with Crippen LogP contribution in [0.25, 0.3) is 10.2 Å². The van der Waals surface area contributed by atoms with E-state index < -0.39 is 0 Å². The molecule has 2 aromatic heterocycles. The number of rotatable bonds is 6. The Hall–Kier alpha value is -1.36. The lowest BCUT2D eigenvalue weighted by Gasteiger charge is -2.29. The summed E-state index contributed by atoms with van der Waals surface area (Å²) in [5.74, 6) is 1.63. The van der Waals surface area contributed by atoms with Crippen LogP contribution in [0.15, 0.2) is 6.07 Å². The van der Waals surface area contributed by atoms with E-state index in [1.54, 1.807) is 11.3 Å². The Labute approximate surface area is 125 Å². The van der Waals surface area contributed by atoms with Crippen molar-refractivity contribution >= 4 is 33.3 Å². The first-order chi connectivity index (χ1) is 9.55. The van der Waals surface area contributed by atoms with Crippen LogP contribution in [0.3, 0.4) is 0 Å². The predicted molar refractivity (Wildman–Crippen MR) is 88.9 cm³/mol. The van der Waals surface area contributed by atoms with Crippen molar-refractivity contribution in [1.29, 1.82) is 0 Å². The summed E-state index contributed by atoms with van der Waals surface area (Å²) in [6, 6.07) is 2.22. The maximum atomic E-state index is 4.62. The van der Waals surface area contributed by atoms with Gasteiger partial charge in [-0.05, 0) is 32.3 Å². The van der Waals surface area contributed by atoms with Gasteiger partial charge in [-0.3, -0.25) is 0 Å². The average Bonchev–Trinajstić information content (AvgIpc) is 2.90. The van der Waals surface area contributed by atoms with Crippen molar-refractivity contribution in [3.8, 4) is 0 Å². The fraction of sp³-hybridized carbons (Fsp3) is 0.600. The van der Waals surface area contributed by atoms with Gasteiger partial charge in [0.25, 0.3) is 0 Å². The van der Waals surface area contributed by atoms with Gasteiger partial charge in [0.2, 0.25) is 5.95 Å². The number of fused-ring (bicyclic) bond motifs is 1. The normalized spacial score (nSPS) is 11.8. The topological polar surface area (TPSA) is 49.8 Å². The SMILES string of the molecule is CCc1cc2c(NC(C)(CC)CC)nc(NC)nc2s1. The molecule has 2 N–H and O–H groups in total. The standard InChI is InChI=1S/C15H24N4S/c1-6-10-9-11-12(19-15(4,7-2)8-3)17-14(16-5)18-13(11)20-10/h9H,6-8H2,1-5H3,(H2,16,17,18,19). The number of anilines is 2. The van der Waals surface area contributed by atoms with Crippen molar-refractivity contribution in [2.45, 2.75) is 52.5 Å². The number of aromatic nitrogens is 2. The molecule has 0 aliphatic heterocycles. The summed E-state index contributed by atoms with van der Waals surface area (Å²) < 4.78 is 0. The molecule has 0 aromatic carbocycles. The minimum absolute atomic E-state index is 0.0700. The Morgan fingerprint density at radius 1 is 1.20 bits per heavy atom. The van der Waals surface area contributed by atoms with Crippen LogP contribution in [0.2, 0.25) is 0 Å². The summed E-state index contributed by atoms with van der Waals surface area (Å²) >= 11 is 1.75. The first-order valence-corrected chi connectivity index (χ1v) is 8.13. The molecular weight excluding hydrogens is 268 g/mol. The summed E-state index contributed by atoms with van der Waals surface area (Å²) in [6.07, 6.45) is 3.16. The molecule has 0 bridgehead atoms. The van der Waals surface area contributed by atoms with E-state index in [1.807, 2.05) is 7.05 Å². The second kappa shape index (κ2) is 5.95. The first kappa shape index (κ1) is 15.0. The summed E-state index contributed by atoms with van der Waals surface area (Å²) in [5, 5.41) is 7.82. The van der Waals surface area contributed by atoms with Crippen LogP contribution in [-0.2, 0) is 6.42 Å². The van der Waals surface area contributed by atoms with Crippen LogP contribution in [0.1, 0.15) is 45.4 Å². The fourth-order valence-corrected chi connectivity index (χ4v) is 3.03. The summed E-state index contributed by atoms with van der Waals surface area (Å²) in [6.45, 7) is 8.83. The number of nitrogens with zero attached hydrogens (tertiary/aromatic N) is 2. The van der Waals surface area contributed by atoms with Crippen LogP contribution in [-0.4, -0.2) is 22.6 Å². The largest absolute Gasteiger partial charge is 0.364 e. The van der Waals surface area contributed by atoms with Gasteiger partial charge in [-0.2, -0.15) is 4.98 Å². The zero-order valence-corrected chi connectivity index (χ0v) is 13.8. The molecule has 4 nitrogen and oxygen atoms in total.